The van der Waals surface area contributed by atoms with Gasteiger partial charge in [-0.15, -0.1) is 0 Å². The van der Waals surface area contributed by atoms with E-state index in [-0.39, 0.29) is 17.7 Å². The lowest BCUT2D eigenvalue weighted by Crippen LogP contribution is -2.18. The summed E-state index contributed by atoms with van der Waals surface area (Å²) in [6.45, 7) is 0. The Balaban J connectivity index is 2.21. The molecule has 0 radical (unpaired) electrons. The minimum atomic E-state index is -0.724. The van der Waals surface area contributed by atoms with Gasteiger partial charge in [0, 0.05) is 17.5 Å². The number of halogens is 1. The van der Waals surface area contributed by atoms with E-state index in [0.717, 1.165) is 0 Å². The first-order valence-corrected chi connectivity index (χ1v) is 7.82. The Morgan fingerprint density at radius 3 is 2.36 bits per heavy atom. The number of carbonyl (C=O) groups is 2. The summed E-state index contributed by atoms with van der Waals surface area (Å²) in [4.78, 5) is 24.8. The maximum absolute atomic E-state index is 12.5. The van der Waals surface area contributed by atoms with Crippen LogP contribution in [-0.4, -0.2) is 25.8 Å². The molecule has 0 saturated carbocycles. The van der Waals surface area contributed by atoms with E-state index in [0.29, 0.717) is 16.3 Å². The first kappa shape index (κ1) is 18.5. The Morgan fingerprint density at radius 1 is 1.12 bits per heavy atom. The average Bonchev–Trinajstić information content (AvgIpc) is 2.65. The second-order valence-corrected chi connectivity index (χ2v) is 5.69. The van der Waals surface area contributed by atoms with Crippen LogP contribution in [0.5, 0.6) is 11.5 Å². The van der Waals surface area contributed by atoms with E-state index in [1.807, 2.05) is 0 Å². The minimum Gasteiger partial charge on any atom is -0.497 e. The number of rotatable bonds is 7. The molecule has 2 rings (SSSR count). The predicted octanol–water partition coefficient (Wildman–Crippen LogP) is 3.81. The fourth-order valence-electron chi connectivity index (χ4n) is 2.35. The Kier molecular flexibility index (Phi) is 6.15. The quantitative estimate of drug-likeness (QED) is 0.556. The zero-order valence-electron chi connectivity index (χ0n) is 13.8. The molecule has 0 saturated heterocycles. The highest BCUT2D eigenvalue weighted by Crippen LogP contribution is 2.27. The van der Waals surface area contributed by atoms with Crippen LogP contribution in [0.4, 0.5) is 0 Å². The number of nitrogens with zero attached hydrogens (tertiary/aromatic N) is 1. The molecule has 128 valence electrons. The summed E-state index contributed by atoms with van der Waals surface area (Å²) in [5.41, 5.74) is 0.774. The molecule has 0 aliphatic rings. The van der Waals surface area contributed by atoms with Crippen LogP contribution in [0.1, 0.15) is 28.3 Å². The third kappa shape index (κ3) is 4.37. The van der Waals surface area contributed by atoms with Crippen LogP contribution in [0.2, 0.25) is 5.02 Å². The molecule has 0 aliphatic heterocycles. The molecule has 0 heterocycles. The summed E-state index contributed by atoms with van der Waals surface area (Å²) in [7, 11) is 2.90. The molecule has 0 N–H and O–H groups in total. The third-order valence-corrected chi connectivity index (χ3v) is 3.98. The second-order valence-electron chi connectivity index (χ2n) is 5.26. The minimum absolute atomic E-state index is 0.140. The van der Waals surface area contributed by atoms with Gasteiger partial charge in [-0.2, -0.15) is 5.26 Å². The summed E-state index contributed by atoms with van der Waals surface area (Å²) in [6, 6.07) is 13.2. The summed E-state index contributed by atoms with van der Waals surface area (Å²) in [5, 5.41) is 9.86. The zero-order chi connectivity index (χ0) is 18.4. The van der Waals surface area contributed by atoms with E-state index in [4.69, 9.17) is 21.1 Å². The maximum Gasteiger partial charge on any atom is 0.232 e. The Hall–Kier alpha value is -2.84. The van der Waals surface area contributed by atoms with Crippen molar-refractivity contribution >= 4 is 23.2 Å². The first-order valence-electron chi connectivity index (χ1n) is 7.44. The summed E-state index contributed by atoms with van der Waals surface area (Å²) in [5.74, 6) is -1.33. The van der Waals surface area contributed by atoms with Gasteiger partial charge in [-0.25, -0.2) is 0 Å². The molecule has 0 fully saturated rings. The van der Waals surface area contributed by atoms with Crippen LogP contribution in [0.15, 0.2) is 42.5 Å². The summed E-state index contributed by atoms with van der Waals surface area (Å²) in [6.07, 6.45) is -0.216. The molecule has 0 aromatic heterocycles. The van der Waals surface area contributed by atoms with Gasteiger partial charge in [-0.1, -0.05) is 23.7 Å². The standard InChI is InChI=1S/C19H16ClNO4/c1-24-15-7-8-16(18(10-15)25-2)19(23)17(22)9-13(11-21)12-3-5-14(20)6-4-12/h3-8,10,13H,9H2,1-2H3. The fraction of sp³-hybridized carbons (Fsp3) is 0.211. The number of hydrogen-bond donors (Lipinski definition) is 0. The number of benzene rings is 2. The number of hydrogen-bond acceptors (Lipinski definition) is 5. The van der Waals surface area contributed by atoms with Crippen molar-refractivity contribution in [3.8, 4) is 17.6 Å². The van der Waals surface area contributed by atoms with Gasteiger partial charge in [0.2, 0.25) is 11.6 Å². The number of nitriles is 1. The Labute approximate surface area is 150 Å². The molecule has 0 amide bonds. The van der Waals surface area contributed by atoms with Crippen molar-refractivity contribution in [1.29, 1.82) is 5.26 Å². The van der Waals surface area contributed by atoms with E-state index in [9.17, 15) is 14.9 Å². The molecule has 0 aliphatic carbocycles. The van der Waals surface area contributed by atoms with Gasteiger partial charge in [-0.3, -0.25) is 9.59 Å². The van der Waals surface area contributed by atoms with Gasteiger partial charge >= 0.3 is 0 Å². The largest absolute Gasteiger partial charge is 0.497 e. The van der Waals surface area contributed by atoms with Gasteiger partial charge in [0.15, 0.2) is 0 Å². The maximum atomic E-state index is 12.5. The fourth-order valence-corrected chi connectivity index (χ4v) is 2.47. The molecule has 0 bridgehead atoms. The van der Waals surface area contributed by atoms with Crippen LogP contribution in [0.3, 0.4) is 0 Å². The van der Waals surface area contributed by atoms with Crippen molar-refractivity contribution in [2.45, 2.75) is 12.3 Å². The van der Waals surface area contributed by atoms with Crippen LogP contribution in [-0.2, 0) is 4.79 Å². The second kappa shape index (κ2) is 8.32. The molecule has 1 atom stereocenters. The van der Waals surface area contributed by atoms with Gasteiger partial charge in [0.1, 0.15) is 11.5 Å². The highest BCUT2D eigenvalue weighted by molar-refractivity contribution is 6.44. The van der Waals surface area contributed by atoms with Crippen molar-refractivity contribution in [1.82, 2.24) is 0 Å². The molecule has 2 aromatic carbocycles. The third-order valence-electron chi connectivity index (χ3n) is 3.72. The Bertz CT molecular complexity index is 824. The molecule has 25 heavy (non-hydrogen) atoms. The van der Waals surface area contributed by atoms with E-state index < -0.39 is 17.5 Å². The van der Waals surface area contributed by atoms with E-state index >= 15 is 0 Å². The lowest BCUT2D eigenvalue weighted by atomic mass is 9.92. The Morgan fingerprint density at radius 2 is 1.80 bits per heavy atom. The van der Waals surface area contributed by atoms with Gasteiger partial charge in [-0.05, 0) is 29.8 Å². The van der Waals surface area contributed by atoms with Gasteiger partial charge < -0.3 is 9.47 Å². The molecular formula is C19H16ClNO4. The van der Waals surface area contributed by atoms with Gasteiger partial charge in [0.25, 0.3) is 0 Å². The zero-order valence-corrected chi connectivity index (χ0v) is 14.5. The molecule has 6 heteroatoms. The van der Waals surface area contributed by atoms with Crippen LogP contribution >= 0.6 is 11.6 Å². The van der Waals surface area contributed by atoms with E-state index in [2.05, 4.69) is 6.07 Å². The predicted molar refractivity (Wildman–Crippen MR) is 93.3 cm³/mol. The normalized spacial score (nSPS) is 11.3. The first-order chi connectivity index (χ1) is 12.0. The number of ketones is 2. The van der Waals surface area contributed by atoms with Crippen LogP contribution in [0.25, 0.3) is 0 Å². The molecule has 2 aromatic rings. The topological polar surface area (TPSA) is 76.4 Å². The summed E-state index contributed by atoms with van der Waals surface area (Å²) >= 11 is 5.83. The number of carbonyl (C=O) groups excluding carboxylic acids is 2. The monoisotopic (exact) mass is 357 g/mol. The number of Topliss-reactive ketones (excluding diaryl/α,β-unsaturated/α-hetero) is 2. The van der Waals surface area contributed by atoms with Crippen LogP contribution < -0.4 is 9.47 Å². The van der Waals surface area contributed by atoms with Crippen molar-refractivity contribution in [3.63, 3.8) is 0 Å². The average molecular weight is 358 g/mol. The van der Waals surface area contributed by atoms with Crippen molar-refractivity contribution in [2.75, 3.05) is 14.2 Å². The highest BCUT2D eigenvalue weighted by atomic mass is 35.5. The molecule has 1 unspecified atom stereocenters. The van der Waals surface area contributed by atoms with Gasteiger partial charge in [0.05, 0.1) is 31.8 Å². The smallest absolute Gasteiger partial charge is 0.232 e. The van der Waals surface area contributed by atoms with Crippen molar-refractivity contribution in [2.24, 2.45) is 0 Å². The number of ether oxygens (including phenoxy) is 2. The van der Waals surface area contributed by atoms with Crippen molar-refractivity contribution in [3.05, 3.63) is 58.6 Å². The highest BCUT2D eigenvalue weighted by Gasteiger charge is 2.24. The molecule has 5 nitrogen and oxygen atoms in total. The summed E-state index contributed by atoms with van der Waals surface area (Å²) < 4.78 is 10.2. The number of methoxy groups -OCH3 is 2. The van der Waals surface area contributed by atoms with E-state index in [1.165, 1.54) is 26.4 Å². The lowest BCUT2D eigenvalue weighted by Gasteiger charge is -2.11. The van der Waals surface area contributed by atoms with Crippen LogP contribution in [0, 0.1) is 11.3 Å². The molecular weight excluding hydrogens is 342 g/mol. The molecule has 0 spiro atoms. The van der Waals surface area contributed by atoms with E-state index in [1.54, 1.807) is 30.3 Å². The van der Waals surface area contributed by atoms with Crippen molar-refractivity contribution < 1.29 is 19.1 Å². The lowest BCUT2D eigenvalue weighted by molar-refractivity contribution is -0.115. The SMILES string of the molecule is COc1ccc(C(=O)C(=O)CC(C#N)c2ccc(Cl)cc2)c(OC)c1.